The summed E-state index contributed by atoms with van der Waals surface area (Å²) in [5.41, 5.74) is -1.33. The minimum absolute atomic E-state index is 0.301. The van der Waals surface area contributed by atoms with Crippen LogP contribution in [-0.2, 0) is 14.1 Å². The van der Waals surface area contributed by atoms with E-state index in [2.05, 4.69) is 0 Å². The maximum absolute atomic E-state index is 12.3. The molecular weight excluding hydrogens is 267 g/mol. The molecule has 112 valence electrons. The molecule has 2 atom stereocenters. The molecule has 1 aliphatic carbocycles. The maximum atomic E-state index is 12.3. The van der Waals surface area contributed by atoms with Gasteiger partial charge in [0.25, 0.3) is 0 Å². The van der Waals surface area contributed by atoms with Gasteiger partial charge < -0.3 is 14.5 Å². The van der Waals surface area contributed by atoms with E-state index in [0.29, 0.717) is 38.5 Å². The first-order valence-electron chi connectivity index (χ1n) is 7.07. The van der Waals surface area contributed by atoms with Gasteiger partial charge in [0, 0.05) is 0 Å². The van der Waals surface area contributed by atoms with E-state index in [1.165, 1.54) is 0 Å². The third kappa shape index (κ3) is 3.59. The number of hydrogen-bond acceptors (Lipinski definition) is 3. The predicted molar refractivity (Wildman–Crippen MR) is 72.9 cm³/mol. The van der Waals surface area contributed by atoms with E-state index < -0.39 is 24.8 Å². The largest absolute Gasteiger partial charge is 0.461 e. The Kier molecular flexibility index (Phi) is 5.60. The summed E-state index contributed by atoms with van der Waals surface area (Å²) >= 11 is 0. The third-order valence-corrected chi connectivity index (χ3v) is 6.03. The quantitative estimate of drug-likeness (QED) is 0.581. The molecule has 0 saturated heterocycles. The van der Waals surface area contributed by atoms with E-state index >= 15 is 0 Å². The van der Waals surface area contributed by atoms with Crippen LogP contribution in [0.1, 0.15) is 59.3 Å². The molecule has 5 nitrogen and oxygen atoms in total. The summed E-state index contributed by atoms with van der Waals surface area (Å²) in [4.78, 5) is 30.9. The molecule has 0 amide bonds. The molecule has 1 saturated carbocycles. The van der Waals surface area contributed by atoms with Crippen LogP contribution in [0.15, 0.2) is 0 Å². The Morgan fingerprint density at radius 1 is 1.21 bits per heavy atom. The van der Waals surface area contributed by atoms with Crippen LogP contribution in [0.3, 0.4) is 0 Å². The van der Waals surface area contributed by atoms with E-state index in [1.54, 1.807) is 0 Å². The zero-order valence-electron chi connectivity index (χ0n) is 12.0. The average Bonchev–Trinajstić information content (AvgIpc) is 2.80. The number of ether oxygens (including phenoxy) is 1. The molecule has 6 heteroatoms. The first-order chi connectivity index (χ1) is 8.80. The molecule has 1 fully saturated rings. The van der Waals surface area contributed by atoms with Gasteiger partial charge in [-0.2, -0.15) is 0 Å². The lowest BCUT2D eigenvalue weighted by Crippen LogP contribution is -2.36. The molecule has 2 unspecified atom stereocenters. The van der Waals surface area contributed by atoms with Gasteiger partial charge in [0.05, 0.1) is 11.1 Å². The van der Waals surface area contributed by atoms with Gasteiger partial charge in [0.15, 0.2) is 0 Å². The van der Waals surface area contributed by atoms with Crippen molar-refractivity contribution in [2.24, 2.45) is 5.41 Å². The molecule has 19 heavy (non-hydrogen) atoms. The van der Waals surface area contributed by atoms with E-state index in [4.69, 9.17) is 4.74 Å². The van der Waals surface area contributed by atoms with Gasteiger partial charge in [-0.05, 0) is 38.5 Å². The van der Waals surface area contributed by atoms with Crippen LogP contribution in [0.5, 0.6) is 0 Å². The van der Waals surface area contributed by atoms with Crippen molar-refractivity contribution in [3.63, 3.8) is 0 Å². The van der Waals surface area contributed by atoms with Gasteiger partial charge in [-0.15, -0.1) is 0 Å². The van der Waals surface area contributed by atoms with Gasteiger partial charge >= 0.3 is 13.6 Å². The SMILES string of the molecule is CCC(CC)(CC)C(=O)OC1CCCC1P(=O)(O)O. The Labute approximate surface area is 114 Å². The van der Waals surface area contributed by atoms with Crippen LogP contribution in [0.4, 0.5) is 0 Å². The van der Waals surface area contributed by atoms with Gasteiger partial charge in [0.1, 0.15) is 6.10 Å². The number of esters is 1. The third-order valence-electron chi connectivity index (χ3n) is 4.57. The van der Waals surface area contributed by atoms with Crippen molar-refractivity contribution in [3.05, 3.63) is 0 Å². The van der Waals surface area contributed by atoms with Gasteiger partial charge in [-0.25, -0.2) is 0 Å². The molecule has 2 N–H and O–H groups in total. The van der Waals surface area contributed by atoms with Crippen LogP contribution in [-0.4, -0.2) is 27.5 Å². The molecule has 1 rings (SSSR count). The molecule has 0 bridgehead atoms. The normalized spacial score (nSPS) is 24.5. The smallest absolute Gasteiger partial charge is 0.332 e. The molecular formula is C13H25O5P. The van der Waals surface area contributed by atoms with Crippen molar-refractivity contribution in [3.8, 4) is 0 Å². The zero-order chi connectivity index (χ0) is 14.7. The van der Waals surface area contributed by atoms with Crippen molar-refractivity contribution >= 4 is 13.6 Å². The minimum Gasteiger partial charge on any atom is -0.461 e. The molecule has 0 aliphatic heterocycles. The molecule has 0 aromatic carbocycles. The highest BCUT2D eigenvalue weighted by Crippen LogP contribution is 2.50. The zero-order valence-corrected chi connectivity index (χ0v) is 12.9. The summed E-state index contributed by atoms with van der Waals surface area (Å²) in [7, 11) is -4.18. The van der Waals surface area contributed by atoms with Crippen LogP contribution in [0, 0.1) is 5.41 Å². The number of carbonyl (C=O) groups is 1. The molecule has 0 heterocycles. The highest BCUT2D eigenvalue weighted by Gasteiger charge is 2.44. The Bertz CT molecular complexity index is 350. The standard InChI is InChI=1S/C13H25O5P/c1-4-13(5-2,6-3)12(14)18-10-8-7-9-11(10)19(15,16)17/h10-11H,4-9H2,1-3H3,(H2,15,16,17). The van der Waals surface area contributed by atoms with E-state index in [9.17, 15) is 19.1 Å². The topological polar surface area (TPSA) is 83.8 Å². The van der Waals surface area contributed by atoms with E-state index in [1.807, 2.05) is 20.8 Å². The van der Waals surface area contributed by atoms with Crippen molar-refractivity contribution in [1.82, 2.24) is 0 Å². The van der Waals surface area contributed by atoms with E-state index in [0.717, 1.165) is 0 Å². The lowest BCUT2D eigenvalue weighted by Gasteiger charge is -2.31. The monoisotopic (exact) mass is 292 g/mol. The van der Waals surface area contributed by atoms with Gasteiger partial charge in [0.2, 0.25) is 0 Å². The summed E-state index contributed by atoms with van der Waals surface area (Å²) in [5.74, 6) is -0.301. The predicted octanol–water partition coefficient (Wildman–Crippen LogP) is 2.84. The first kappa shape index (κ1) is 16.7. The van der Waals surface area contributed by atoms with Gasteiger partial charge in [-0.1, -0.05) is 20.8 Å². The lowest BCUT2D eigenvalue weighted by atomic mass is 9.80. The maximum Gasteiger partial charge on any atom is 0.332 e. The first-order valence-corrected chi connectivity index (χ1v) is 8.75. The summed E-state index contributed by atoms with van der Waals surface area (Å²) < 4.78 is 16.8. The van der Waals surface area contributed by atoms with E-state index in [-0.39, 0.29) is 5.97 Å². The van der Waals surface area contributed by atoms with Gasteiger partial charge in [-0.3, -0.25) is 9.36 Å². The fourth-order valence-electron chi connectivity index (χ4n) is 2.87. The molecule has 0 aromatic heterocycles. The fourth-order valence-corrected chi connectivity index (χ4v) is 4.04. The fraction of sp³-hybridized carbons (Fsp3) is 0.923. The Morgan fingerprint density at radius 2 is 1.74 bits per heavy atom. The lowest BCUT2D eigenvalue weighted by molar-refractivity contribution is -0.162. The summed E-state index contributed by atoms with van der Waals surface area (Å²) in [6.07, 6.45) is 3.11. The van der Waals surface area contributed by atoms with Crippen molar-refractivity contribution in [1.29, 1.82) is 0 Å². The van der Waals surface area contributed by atoms with Crippen molar-refractivity contribution < 1.29 is 23.9 Å². The molecule has 0 radical (unpaired) electrons. The second kappa shape index (κ2) is 6.38. The minimum atomic E-state index is -4.18. The number of hydrogen-bond donors (Lipinski definition) is 2. The van der Waals surface area contributed by atoms with Crippen LogP contribution < -0.4 is 0 Å². The molecule has 0 spiro atoms. The second-order valence-corrected chi connectivity index (χ2v) is 7.21. The second-order valence-electron chi connectivity index (χ2n) is 5.37. The average molecular weight is 292 g/mol. The Balaban J connectivity index is 2.79. The Morgan fingerprint density at radius 3 is 2.16 bits per heavy atom. The number of carbonyl (C=O) groups excluding carboxylic acids is 1. The Hall–Kier alpha value is -0.380. The van der Waals surface area contributed by atoms with Crippen molar-refractivity contribution in [2.75, 3.05) is 0 Å². The van der Waals surface area contributed by atoms with Crippen LogP contribution in [0.25, 0.3) is 0 Å². The van der Waals surface area contributed by atoms with Crippen LogP contribution in [0.2, 0.25) is 0 Å². The summed E-state index contributed by atoms with van der Waals surface area (Å²) in [6.45, 7) is 5.84. The molecule has 1 aliphatic rings. The van der Waals surface area contributed by atoms with Crippen molar-refractivity contribution in [2.45, 2.75) is 71.1 Å². The van der Waals surface area contributed by atoms with Crippen LogP contribution >= 0.6 is 7.60 Å². The summed E-state index contributed by atoms with van der Waals surface area (Å²) in [6, 6.07) is 0. The number of rotatable bonds is 6. The highest BCUT2D eigenvalue weighted by atomic mass is 31.2. The highest BCUT2D eigenvalue weighted by molar-refractivity contribution is 7.52. The summed E-state index contributed by atoms with van der Waals surface area (Å²) in [5, 5.41) is 0. The molecule has 0 aromatic rings.